The van der Waals surface area contributed by atoms with Gasteiger partial charge in [0.2, 0.25) is 5.91 Å². The molecule has 0 saturated carbocycles. The largest absolute Gasteiger partial charge is 0.480 e. The fourth-order valence-electron chi connectivity index (χ4n) is 2.89. The van der Waals surface area contributed by atoms with Gasteiger partial charge in [-0.25, -0.2) is 9.18 Å². The lowest BCUT2D eigenvalue weighted by molar-refractivity contribution is -0.141. The number of aryl methyl sites for hydroxylation is 1. The Morgan fingerprint density at radius 1 is 1.12 bits per heavy atom. The minimum atomic E-state index is -1.07. The van der Waals surface area contributed by atoms with Crippen molar-refractivity contribution in [3.63, 3.8) is 0 Å². The van der Waals surface area contributed by atoms with Crippen LogP contribution in [0.4, 0.5) is 4.39 Å². The summed E-state index contributed by atoms with van der Waals surface area (Å²) in [6, 6.07) is 14.5. The van der Waals surface area contributed by atoms with Gasteiger partial charge in [-0.2, -0.15) is 0 Å². The molecule has 6 heteroatoms. The number of rotatable bonds is 7. The minimum Gasteiger partial charge on any atom is -0.480 e. The van der Waals surface area contributed by atoms with E-state index in [0.29, 0.717) is 12.1 Å². The Labute approximate surface area is 150 Å². The van der Waals surface area contributed by atoms with Crippen molar-refractivity contribution >= 4 is 22.8 Å². The van der Waals surface area contributed by atoms with Crippen molar-refractivity contribution in [3.05, 3.63) is 72.2 Å². The van der Waals surface area contributed by atoms with Gasteiger partial charge in [0.25, 0.3) is 0 Å². The highest BCUT2D eigenvalue weighted by Crippen LogP contribution is 2.17. The highest BCUT2D eigenvalue weighted by molar-refractivity contribution is 5.84. The second-order valence-corrected chi connectivity index (χ2v) is 6.11. The summed E-state index contributed by atoms with van der Waals surface area (Å²) in [7, 11) is 0. The Morgan fingerprint density at radius 3 is 2.62 bits per heavy atom. The Bertz CT molecular complexity index is 921. The number of carbonyl (C=O) groups is 2. The van der Waals surface area contributed by atoms with Gasteiger partial charge < -0.3 is 15.0 Å². The van der Waals surface area contributed by atoms with E-state index >= 15 is 0 Å². The molecular formula is C20H19FN2O3. The number of aromatic nitrogens is 1. The molecule has 1 heterocycles. The van der Waals surface area contributed by atoms with E-state index < -0.39 is 12.0 Å². The average Bonchev–Trinajstić information content (AvgIpc) is 3.02. The van der Waals surface area contributed by atoms with Crippen molar-refractivity contribution in [2.45, 2.75) is 25.4 Å². The fraction of sp³-hybridized carbons (Fsp3) is 0.200. The van der Waals surface area contributed by atoms with Crippen LogP contribution < -0.4 is 5.32 Å². The standard InChI is InChI=1S/C20H19FN2O3/c21-16-7-6-15-8-10-23(18(15)13-16)11-9-19(24)22-17(20(25)26)12-14-4-2-1-3-5-14/h1-8,10,13,17H,9,11-12H2,(H,22,24)(H,25,26). The predicted octanol–water partition coefficient (Wildman–Crippen LogP) is 2.98. The molecule has 0 aliphatic heterocycles. The minimum absolute atomic E-state index is 0.110. The van der Waals surface area contributed by atoms with Crippen molar-refractivity contribution in [1.82, 2.24) is 9.88 Å². The molecule has 134 valence electrons. The lowest BCUT2D eigenvalue weighted by Gasteiger charge is -2.15. The molecule has 1 amide bonds. The van der Waals surface area contributed by atoms with Gasteiger partial charge in [-0.05, 0) is 35.2 Å². The molecule has 2 aromatic carbocycles. The Hall–Kier alpha value is -3.15. The second kappa shape index (κ2) is 7.82. The first-order valence-corrected chi connectivity index (χ1v) is 8.33. The summed E-state index contributed by atoms with van der Waals surface area (Å²) in [5.41, 5.74) is 1.55. The molecule has 0 aliphatic carbocycles. The van der Waals surface area contributed by atoms with Gasteiger partial charge in [-0.3, -0.25) is 4.79 Å². The van der Waals surface area contributed by atoms with Crippen LogP contribution in [-0.4, -0.2) is 27.6 Å². The van der Waals surface area contributed by atoms with E-state index in [2.05, 4.69) is 5.32 Å². The number of carboxylic acids is 1. The Kier molecular flexibility index (Phi) is 5.31. The number of nitrogens with zero attached hydrogens (tertiary/aromatic N) is 1. The number of carbonyl (C=O) groups excluding carboxylic acids is 1. The molecule has 0 spiro atoms. The van der Waals surface area contributed by atoms with Crippen LogP contribution in [0.25, 0.3) is 10.9 Å². The summed E-state index contributed by atoms with van der Waals surface area (Å²) in [5, 5.41) is 12.8. The molecule has 1 atom stereocenters. The molecule has 1 unspecified atom stereocenters. The number of amides is 1. The van der Waals surface area contributed by atoms with E-state index in [0.717, 1.165) is 10.9 Å². The van der Waals surface area contributed by atoms with Gasteiger partial charge >= 0.3 is 5.97 Å². The zero-order valence-electron chi connectivity index (χ0n) is 14.1. The van der Waals surface area contributed by atoms with Crippen molar-refractivity contribution in [3.8, 4) is 0 Å². The predicted molar refractivity (Wildman–Crippen MR) is 96.2 cm³/mol. The summed E-state index contributed by atoms with van der Waals surface area (Å²) in [4.78, 5) is 23.6. The van der Waals surface area contributed by atoms with Gasteiger partial charge in [0, 0.05) is 25.6 Å². The number of hydrogen-bond donors (Lipinski definition) is 2. The van der Waals surface area contributed by atoms with Crippen LogP contribution in [0.3, 0.4) is 0 Å². The quantitative estimate of drug-likeness (QED) is 0.685. The van der Waals surface area contributed by atoms with Crippen molar-refractivity contribution in [2.24, 2.45) is 0 Å². The van der Waals surface area contributed by atoms with Crippen LogP contribution in [0.5, 0.6) is 0 Å². The third kappa shape index (κ3) is 4.27. The zero-order chi connectivity index (χ0) is 18.5. The lowest BCUT2D eigenvalue weighted by atomic mass is 10.1. The molecule has 0 saturated heterocycles. The normalized spacial score (nSPS) is 12.0. The molecule has 2 N–H and O–H groups in total. The monoisotopic (exact) mass is 354 g/mol. The molecule has 1 aromatic heterocycles. The molecular weight excluding hydrogens is 335 g/mol. The summed E-state index contributed by atoms with van der Waals surface area (Å²) in [5.74, 6) is -1.77. The molecule has 3 rings (SSSR count). The topological polar surface area (TPSA) is 71.3 Å². The number of halogens is 1. The van der Waals surface area contributed by atoms with Crippen molar-refractivity contribution in [1.29, 1.82) is 0 Å². The molecule has 26 heavy (non-hydrogen) atoms. The average molecular weight is 354 g/mol. The van der Waals surface area contributed by atoms with Crippen molar-refractivity contribution in [2.75, 3.05) is 0 Å². The molecule has 0 aliphatic rings. The Balaban J connectivity index is 1.61. The number of nitrogens with one attached hydrogen (secondary N) is 1. The Morgan fingerprint density at radius 2 is 1.88 bits per heavy atom. The highest BCUT2D eigenvalue weighted by Gasteiger charge is 2.20. The molecule has 0 bridgehead atoms. The van der Waals surface area contributed by atoms with Gasteiger partial charge in [0.05, 0.1) is 5.52 Å². The first kappa shape index (κ1) is 17.7. The molecule has 0 radical (unpaired) electrons. The van der Waals surface area contributed by atoms with E-state index in [1.54, 1.807) is 16.8 Å². The highest BCUT2D eigenvalue weighted by atomic mass is 19.1. The maximum absolute atomic E-state index is 13.4. The van der Waals surface area contributed by atoms with Crippen LogP contribution in [0, 0.1) is 5.82 Å². The third-order valence-corrected chi connectivity index (χ3v) is 4.23. The number of aliphatic carboxylic acids is 1. The van der Waals surface area contributed by atoms with Gasteiger partial charge in [0.1, 0.15) is 11.9 Å². The molecule has 3 aromatic rings. The first-order chi connectivity index (χ1) is 12.5. The van der Waals surface area contributed by atoms with E-state index in [-0.39, 0.29) is 24.6 Å². The van der Waals surface area contributed by atoms with E-state index in [1.165, 1.54) is 12.1 Å². The van der Waals surface area contributed by atoms with Crippen LogP contribution in [-0.2, 0) is 22.6 Å². The van der Waals surface area contributed by atoms with E-state index in [9.17, 15) is 19.1 Å². The van der Waals surface area contributed by atoms with Crippen LogP contribution >= 0.6 is 0 Å². The summed E-state index contributed by atoms with van der Waals surface area (Å²) < 4.78 is 15.2. The smallest absolute Gasteiger partial charge is 0.326 e. The third-order valence-electron chi connectivity index (χ3n) is 4.23. The lowest BCUT2D eigenvalue weighted by Crippen LogP contribution is -2.42. The SMILES string of the molecule is O=C(CCn1ccc2ccc(F)cc21)NC(Cc1ccccc1)C(=O)O. The van der Waals surface area contributed by atoms with Gasteiger partial charge in [0.15, 0.2) is 0 Å². The summed E-state index contributed by atoms with van der Waals surface area (Å²) >= 11 is 0. The van der Waals surface area contributed by atoms with Crippen LogP contribution in [0.2, 0.25) is 0 Å². The van der Waals surface area contributed by atoms with Gasteiger partial charge in [-0.1, -0.05) is 30.3 Å². The van der Waals surface area contributed by atoms with Gasteiger partial charge in [-0.15, -0.1) is 0 Å². The van der Waals surface area contributed by atoms with Crippen LogP contribution in [0.1, 0.15) is 12.0 Å². The number of carboxylic acid groups (broad SMARTS) is 1. The summed E-state index contributed by atoms with van der Waals surface area (Å²) in [6.07, 6.45) is 2.12. The number of fused-ring (bicyclic) bond motifs is 1. The summed E-state index contributed by atoms with van der Waals surface area (Å²) in [6.45, 7) is 0.344. The fourth-order valence-corrected chi connectivity index (χ4v) is 2.89. The maximum atomic E-state index is 13.4. The zero-order valence-corrected chi connectivity index (χ0v) is 14.1. The second-order valence-electron chi connectivity index (χ2n) is 6.11. The van der Waals surface area contributed by atoms with Crippen LogP contribution in [0.15, 0.2) is 60.8 Å². The number of hydrogen-bond acceptors (Lipinski definition) is 2. The maximum Gasteiger partial charge on any atom is 0.326 e. The first-order valence-electron chi connectivity index (χ1n) is 8.33. The molecule has 0 fully saturated rings. The van der Waals surface area contributed by atoms with Crippen molar-refractivity contribution < 1.29 is 19.1 Å². The van der Waals surface area contributed by atoms with E-state index in [1.807, 2.05) is 36.4 Å². The van der Waals surface area contributed by atoms with E-state index in [4.69, 9.17) is 0 Å². The number of benzene rings is 2. The molecule has 5 nitrogen and oxygen atoms in total.